The summed E-state index contributed by atoms with van der Waals surface area (Å²) in [4.78, 5) is 11.8. The summed E-state index contributed by atoms with van der Waals surface area (Å²) in [6, 6.07) is 7.60. The van der Waals surface area contributed by atoms with E-state index in [1.54, 1.807) is 0 Å². The van der Waals surface area contributed by atoms with E-state index in [2.05, 4.69) is 5.32 Å². The number of esters is 1. The van der Waals surface area contributed by atoms with Gasteiger partial charge in [0.05, 0.1) is 11.7 Å². The molecule has 0 aromatic heterocycles. The minimum Gasteiger partial charge on any atom is -0.459 e. The molecule has 1 aromatic carbocycles. The van der Waals surface area contributed by atoms with Gasteiger partial charge in [-0.05, 0) is 56.9 Å². The first kappa shape index (κ1) is 15.9. The van der Waals surface area contributed by atoms with Crippen molar-refractivity contribution in [1.82, 2.24) is 0 Å². The smallest absolute Gasteiger partial charge is 0.338 e. The lowest BCUT2D eigenvalue weighted by atomic mass is 10.0. The lowest BCUT2D eigenvalue weighted by molar-refractivity contribution is 0.0378. The molecule has 0 saturated heterocycles. The number of anilines is 1. The van der Waals surface area contributed by atoms with Crippen LogP contribution in [0.2, 0.25) is 0 Å². The molecule has 3 nitrogen and oxygen atoms in total. The number of hydrogen-bond acceptors (Lipinski definition) is 3. The van der Waals surface area contributed by atoms with Crippen molar-refractivity contribution < 1.29 is 9.53 Å². The molecule has 1 N–H and O–H groups in total. The van der Waals surface area contributed by atoms with E-state index in [-0.39, 0.29) is 12.1 Å². The highest BCUT2D eigenvalue weighted by atomic mass is 16.5. The summed E-state index contributed by atoms with van der Waals surface area (Å²) in [5.41, 5.74) is 1.70. The second kappa shape index (κ2) is 8.06. The Hall–Kier alpha value is -1.51. The first-order valence-electron chi connectivity index (χ1n) is 8.20. The fourth-order valence-electron chi connectivity index (χ4n) is 2.84. The number of rotatable bonds is 5. The van der Waals surface area contributed by atoms with Crippen LogP contribution in [0.1, 0.15) is 62.7 Å². The number of carbonyl (C=O) groups is 1. The van der Waals surface area contributed by atoms with E-state index < -0.39 is 0 Å². The normalized spacial score (nSPS) is 16.5. The Bertz CT molecular complexity index is 431. The number of benzene rings is 1. The van der Waals surface area contributed by atoms with Crippen molar-refractivity contribution in [1.29, 1.82) is 0 Å². The molecule has 2 rings (SSSR count). The van der Waals surface area contributed by atoms with Crippen molar-refractivity contribution in [3.05, 3.63) is 29.8 Å². The van der Waals surface area contributed by atoms with Crippen LogP contribution in [0.25, 0.3) is 0 Å². The minimum absolute atomic E-state index is 0.0782. The zero-order valence-corrected chi connectivity index (χ0v) is 13.2. The van der Waals surface area contributed by atoms with E-state index in [1.807, 2.05) is 38.1 Å². The highest BCUT2D eigenvalue weighted by Gasteiger charge is 2.12. The van der Waals surface area contributed by atoms with Crippen LogP contribution in [-0.4, -0.2) is 18.6 Å². The van der Waals surface area contributed by atoms with Crippen LogP contribution in [0, 0.1) is 5.92 Å². The monoisotopic (exact) mass is 289 g/mol. The van der Waals surface area contributed by atoms with Crippen LogP contribution in [0.4, 0.5) is 5.69 Å². The molecule has 0 atom stereocenters. The standard InChI is InChI=1S/C18H27NO2/c1-14(2)21-18(20)16-9-11-17(12-10-16)19-13-15-7-5-3-4-6-8-15/h9-12,14-15,19H,3-8,13H2,1-2H3. The Morgan fingerprint density at radius 2 is 1.76 bits per heavy atom. The van der Waals surface area contributed by atoms with Crippen LogP contribution in [0.3, 0.4) is 0 Å². The molecule has 1 fully saturated rings. The number of ether oxygens (including phenoxy) is 1. The predicted octanol–water partition coefficient (Wildman–Crippen LogP) is 4.63. The second-order valence-electron chi connectivity index (χ2n) is 6.27. The van der Waals surface area contributed by atoms with Crippen LogP contribution < -0.4 is 5.32 Å². The Morgan fingerprint density at radius 3 is 2.33 bits per heavy atom. The molecule has 0 aliphatic heterocycles. The zero-order chi connectivity index (χ0) is 15.1. The van der Waals surface area contributed by atoms with E-state index in [1.165, 1.54) is 38.5 Å². The summed E-state index contributed by atoms with van der Waals surface area (Å²) in [6.07, 6.45) is 8.12. The van der Waals surface area contributed by atoms with Crippen molar-refractivity contribution in [2.45, 2.75) is 58.5 Å². The highest BCUT2D eigenvalue weighted by Crippen LogP contribution is 2.23. The van der Waals surface area contributed by atoms with Gasteiger partial charge in [0, 0.05) is 12.2 Å². The van der Waals surface area contributed by atoms with Crippen molar-refractivity contribution in [3.8, 4) is 0 Å². The molecule has 0 bridgehead atoms. The molecular weight excluding hydrogens is 262 g/mol. The summed E-state index contributed by atoms with van der Waals surface area (Å²) in [6.45, 7) is 4.76. The first-order chi connectivity index (χ1) is 10.1. The van der Waals surface area contributed by atoms with Gasteiger partial charge in [-0.1, -0.05) is 25.7 Å². The Morgan fingerprint density at radius 1 is 1.14 bits per heavy atom. The topological polar surface area (TPSA) is 38.3 Å². The first-order valence-corrected chi connectivity index (χ1v) is 8.20. The number of nitrogens with one attached hydrogen (secondary N) is 1. The van der Waals surface area contributed by atoms with Gasteiger partial charge < -0.3 is 10.1 Å². The molecule has 1 aliphatic carbocycles. The van der Waals surface area contributed by atoms with Gasteiger partial charge >= 0.3 is 5.97 Å². The maximum Gasteiger partial charge on any atom is 0.338 e. The molecule has 1 saturated carbocycles. The van der Waals surface area contributed by atoms with E-state index in [9.17, 15) is 4.79 Å². The van der Waals surface area contributed by atoms with Gasteiger partial charge in [-0.15, -0.1) is 0 Å². The molecule has 0 heterocycles. The largest absolute Gasteiger partial charge is 0.459 e. The van der Waals surface area contributed by atoms with E-state index in [4.69, 9.17) is 4.74 Å². The fourth-order valence-corrected chi connectivity index (χ4v) is 2.84. The van der Waals surface area contributed by atoms with Crippen molar-refractivity contribution in [2.24, 2.45) is 5.92 Å². The second-order valence-corrected chi connectivity index (χ2v) is 6.27. The van der Waals surface area contributed by atoms with Gasteiger partial charge in [0.25, 0.3) is 0 Å². The van der Waals surface area contributed by atoms with E-state index in [0.29, 0.717) is 5.56 Å². The van der Waals surface area contributed by atoms with Gasteiger partial charge in [0.1, 0.15) is 0 Å². The lowest BCUT2D eigenvalue weighted by Gasteiger charge is -2.16. The van der Waals surface area contributed by atoms with Crippen molar-refractivity contribution >= 4 is 11.7 Å². The van der Waals surface area contributed by atoms with E-state index >= 15 is 0 Å². The number of hydrogen-bond donors (Lipinski definition) is 1. The Labute approximate surface area is 128 Å². The molecule has 116 valence electrons. The van der Waals surface area contributed by atoms with Crippen LogP contribution in [0.15, 0.2) is 24.3 Å². The maximum absolute atomic E-state index is 11.8. The summed E-state index contributed by atoms with van der Waals surface area (Å²) in [5, 5.41) is 3.50. The minimum atomic E-state index is -0.250. The molecule has 0 amide bonds. The van der Waals surface area contributed by atoms with Crippen LogP contribution in [-0.2, 0) is 4.74 Å². The van der Waals surface area contributed by atoms with Gasteiger partial charge in [-0.25, -0.2) is 4.79 Å². The molecule has 3 heteroatoms. The maximum atomic E-state index is 11.8. The number of carbonyl (C=O) groups excluding carboxylic acids is 1. The zero-order valence-electron chi connectivity index (χ0n) is 13.2. The summed E-state index contributed by atoms with van der Waals surface area (Å²) in [5.74, 6) is 0.540. The molecule has 0 radical (unpaired) electrons. The molecule has 1 aliphatic rings. The molecule has 1 aromatic rings. The Balaban J connectivity index is 1.83. The van der Waals surface area contributed by atoms with Crippen LogP contribution >= 0.6 is 0 Å². The highest BCUT2D eigenvalue weighted by molar-refractivity contribution is 5.89. The van der Waals surface area contributed by atoms with Crippen LogP contribution in [0.5, 0.6) is 0 Å². The van der Waals surface area contributed by atoms with Gasteiger partial charge in [-0.3, -0.25) is 0 Å². The average Bonchev–Trinajstić information content (AvgIpc) is 2.73. The summed E-state index contributed by atoms with van der Waals surface area (Å²) >= 11 is 0. The summed E-state index contributed by atoms with van der Waals surface area (Å²) < 4.78 is 5.19. The average molecular weight is 289 g/mol. The molecular formula is C18H27NO2. The third kappa shape index (κ3) is 5.41. The van der Waals surface area contributed by atoms with Gasteiger partial charge in [-0.2, -0.15) is 0 Å². The predicted molar refractivity (Wildman–Crippen MR) is 86.7 cm³/mol. The molecule has 0 spiro atoms. The SMILES string of the molecule is CC(C)OC(=O)c1ccc(NCC2CCCCCC2)cc1. The van der Waals surface area contributed by atoms with E-state index in [0.717, 1.165) is 18.2 Å². The third-order valence-corrected chi connectivity index (χ3v) is 4.03. The van der Waals surface area contributed by atoms with Gasteiger partial charge in [0.15, 0.2) is 0 Å². The molecule has 0 unspecified atom stereocenters. The quantitative estimate of drug-likeness (QED) is 0.634. The molecule has 21 heavy (non-hydrogen) atoms. The third-order valence-electron chi connectivity index (χ3n) is 4.03. The summed E-state index contributed by atoms with van der Waals surface area (Å²) in [7, 11) is 0. The Kier molecular flexibility index (Phi) is 6.09. The van der Waals surface area contributed by atoms with Crippen molar-refractivity contribution in [3.63, 3.8) is 0 Å². The lowest BCUT2D eigenvalue weighted by Crippen LogP contribution is -2.14. The van der Waals surface area contributed by atoms with Crippen molar-refractivity contribution in [2.75, 3.05) is 11.9 Å². The fraction of sp³-hybridized carbons (Fsp3) is 0.611. The van der Waals surface area contributed by atoms with Gasteiger partial charge in [0.2, 0.25) is 0 Å².